The standard InChI is InChI=1S/C13H16ClNO2/c14-11-6-2-1-5-10(11)9-15-8-4-3-7-12(15)13(16)17/h1-2,5-6,12H,3-4,7-9H2,(H,16,17)/t12-/m0/s1. The lowest BCUT2D eigenvalue weighted by atomic mass is 10.0. The minimum absolute atomic E-state index is 0.361. The summed E-state index contributed by atoms with van der Waals surface area (Å²) in [4.78, 5) is 13.2. The van der Waals surface area contributed by atoms with Crippen LogP contribution >= 0.6 is 11.6 Å². The van der Waals surface area contributed by atoms with Crippen molar-refractivity contribution in [1.82, 2.24) is 4.90 Å². The number of nitrogens with zero attached hydrogens (tertiary/aromatic N) is 1. The molecule has 1 N–H and O–H groups in total. The molecule has 0 bridgehead atoms. The van der Waals surface area contributed by atoms with Crippen molar-refractivity contribution in [3.8, 4) is 0 Å². The highest BCUT2D eigenvalue weighted by Crippen LogP contribution is 2.23. The predicted molar refractivity (Wildman–Crippen MR) is 67.1 cm³/mol. The van der Waals surface area contributed by atoms with Gasteiger partial charge in [0.05, 0.1) is 0 Å². The summed E-state index contributed by atoms with van der Waals surface area (Å²) in [6, 6.07) is 7.25. The van der Waals surface area contributed by atoms with Gasteiger partial charge in [-0.05, 0) is 31.0 Å². The second-order valence-corrected chi connectivity index (χ2v) is 4.82. The lowest BCUT2D eigenvalue weighted by Crippen LogP contribution is -2.44. The number of carbonyl (C=O) groups is 1. The smallest absolute Gasteiger partial charge is 0.320 e. The number of benzene rings is 1. The maximum atomic E-state index is 11.2. The van der Waals surface area contributed by atoms with Gasteiger partial charge in [-0.3, -0.25) is 9.69 Å². The van der Waals surface area contributed by atoms with Crippen LogP contribution in [0.1, 0.15) is 24.8 Å². The molecule has 0 radical (unpaired) electrons. The molecule has 1 atom stereocenters. The molecule has 3 nitrogen and oxygen atoms in total. The molecule has 1 saturated heterocycles. The fourth-order valence-electron chi connectivity index (χ4n) is 2.31. The van der Waals surface area contributed by atoms with Crippen LogP contribution in [0.15, 0.2) is 24.3 Å². The summed E-state index contributed by atoms with van der Waals surface area (Å²) in [7, 11) is 0. The fraction of sp³-hybridized carbons (Fsp3) is 0.462. The zero-order valence-electron chi connectivity index (χ0n) is 9.60. The van der Waals surface area contributed by atoms with E-state index in [1.54, 1.807) is 0 Å². The second-order valence-electron chi connectivity index (χ2n) is 4.41. The molecule has 92 valence electrons. The number of hydrogen-bond donors (Lipinski definition) is 1. The van der Waals surface area contributed by atoms with Crippen LogP contribution in [0.5, 0.6) is 0 Å². The predicted octanol–water partition coefficient (Wildman–Crippen LogP) is 2.78. The maximum absolute atomic E-state index is 11.2. The van der Waals surface area contributed by atoms with Crippen molar-refractivity contribution in [3.05, 3.63) is 34.9 Å². The van der Waals surface area contributed by atoms with Crippen molar-refractivity contribution in [1.29, 1.82) is 0 Å². The molecular formula is C13H16ClNO2. The van der Waals surface area contributed by atoms with Crippen LogP contribution in [-0.4, -0.2) is 28.6 Å². The Labute approximate surface area is 106 Å². The van der Waals surface area contributed by atoms with E-state index < -0.39 is 5.97 Å². The molecule has 1 heterocycles. The summed E-state index contributed by atoms with van der Waals surface area (Å²) in [6.45, 7) is 1.46. The van der Waals surface area contributed by atoms with Crippen molar-refractivity contribution in [2.45, 2.75) is 31.8 Å². The van der Waals surface area contributed by atoms with Crippen molar-refractivity contribution >= 4 is 17.6 Å². The summed E-state index contributed by atoms with van der Waals surface area (Å²) in [5.74, 6) is -0.725. The summed E-state index contributed by atoms with van der Waals surface area (Å²) in [5.41, 5.74) is 1.00. The third-order valence-electron chi connectivity index (χ3n) is 3.23. The molecule has 2 rings (SSSR count). The van der Waals surface area contributed by atoms with E-state index in [1.165, 1.54) is 0 Å². The molecule has 1 fully saturated rings. The van der Waals surface area contributed by atoms with E-state index in [1.807, 2.05) is 29.2 Å². The van der Waals surface area contributed by atoms with Crippen LogP contribution in [0.3, 0.4) is 0 Å². The Morgan fingerprint density at radius 2 is 2.18 bits per heavy atom. The highest BCUT2D eigenvalue weighted by atomic mass is 35.5. The fourth-order valence-corrected chi connectivity index (χ4v) is 2.50. The van der Waals surface area contributed by atoms with E-state index in [4.69, 9.17) is 11.6 Å². The first-order chi connectivity index (χ1) is 8.18. The Hall–Kier alpha value is -1.06. The number of hydrogen-bond acceptors (Lipinski definition) is 2. The van der Waals surface area contributed by atoms with Gasteiger partial charge in [-0.15, -0.1) is 0 Å². The van der Waals surface area contributed by atoms with E-state index in [-0.39, 0.29) is 6.04 Å². The van der Waals surface area contributed by atoms with Gasteiger partial charge in [0.1, 0.15) is 6.04 Å². The van der Waals surface area contributed by atoms with Gasteiger partial charge in [0, 0.05) is 11.6 Å². The SMILES string of the molecule is O=C(O)[C@@H]1CCCCN1Cc1ccccc1Cl. The number of halogens is 1. The van der Waals surface area contributed by atoms with Crippen LogP contribution in [0, 0.1) is 0 Å². The molecule has 0 saturated carbocycles. The lowest BCUT2D eigenvalue weighted by molar-refractivity contribution is -0.144. The van der Waals surface area contributed by atoms with Crippen molar-refractivity contribution < 1.29 is 9.90 Å². The Kier molecular flexibility index (Phi) is 4.02. The monoisotopic (exact) mass is 253 g/mol. The van der Waals surface area contributed by atoms with Gasteiger partial charge >= 0.3 is 5.97 Å². The molecule has 0 amide bonds. The van der Waals surface area contributed by atoms with Gasteiger partial charge in [0.15, 0.2) is 0 Å². The van der Waals surface area contributed by atoms with E-state index in [9.17, 15) is 9.90 Å². The topological polar surface area (TPSA) is 40.5 Å². The largest absolute Gasteiger partial charge is 0.480 e. The zero-order valence-corrected chi connectivity index (χ0v) is 10.4. The molecule has 1 aromatic rings. The van der Waals surface area contributed by atoms with Crippen LogP contribution < -0.4 is 0 Å². The van der Waals surface area contributed by atoms with Gasteiger partial charge in [-0.2, -0.15) is 0 Å². The summed E-state index contributed by atoms with van der Waals surface area (Å²) < 4.78 is 0. The van der Waals surface area contributed by atoms with Crippen LogP contribution in [0.4, 0.5) is 0 Å². The Morgan fingerprint density at radius 1 is 1.41 bits per heavy atom. The van der Waals surface area contributed by atoms with Gasteiger partial charge in [0.2, 0.25) is 0 Å². The van der Waals surface area contributed by atoms with Gasteiger partial charge in [-0.1, -0.05) is 36.2 Å². The van der Waals surface area contributed by atoms with E-state index in [0.717, 1.165) is 31.4 Å². The number of carboxylic acids is 1. The Balaban J connectivity index is 2.11. The lowest BCUT2D eigenvalue weighted by Gasteiger charge is -2.33. The van der Waals surface area contributed by atoms with Gasteiger partial charge in [0.25, 0.3) is 0 Å². The molecule has 0 aromatic heterocycles. The normalized spacial score (nSPS) is 21.4. The van der Waals surface area contributed by atoms with Crippen LogP contribution in [0.25, 0.3) is 0 Å². The third-order valence-corrected chi connectivity index (χ3v) is 3.60. The first-order valence-corrected chi connectivity index (χ1v) is 6.26. The Morgan fingerprint density at radius 3 is 2.88 bits per heavy atom. The Bertz CT molecular complexity index is 408. The number of likely N-dealkylation sites (tertiary alicyclic amines) is 1. The number of carboxylic acid groups (broad SMARTS) is 1. The average Bonchev–Trinajstić information content (AvgIpc) is 2.32. The third kappa shape index (κ3) is 2.99. The van der Waals surface area contributed by atoms with Crippen molar-refractivity contribution in [2.24, 2.45) is 0 Å². The molecule has 1 aromatic carbocycles. The minimum Gasteiger partial charge on any atom is -0.480 e. The van der Waals surface area contributed by atoms with E-state index in [0.29, 0.717) is 11.6 Å². The average molecular weight is 254 g/mol. The highest BCUT2D eigenvalue weighted by molar-refractivity contribution is 6.31. The maximum Gasteiger partial charge on any atom is 0.320 e. The summed E-state index contributed by atoms with van der Waals surface area (Å²) >= 11 is 6.10. The molecule has 17 heavy (non-hydrogen) atoms. The van der Waals surface area contributed by atoms with E-state index in [2.05, 4.69) is 0 Å². The van der Waals surface area contributed by atoms with Crippen LogP contribution in [-0.2, 0) is 11.3 Å². The van der Waals surface area contributed by atoms with Crippen molar-refractivity contribution in [2.75, 3.05) is 6.54 Å². The highest BCUT2D eigenvalue weighted by Gasteiger charge is 2.28. The number of piperidine rings is 1. The molecule has 1 aliphatic rings. The molecule has 1 aliphatic heterocycles. The molecule has 0 aliphatic carbocycles. The molecule has 4 heteroatoms. The second kappa shape index (κ2) is 5.52. The minimum atomic E-state index is -0.725. The molecule has 0 spiro atoms. The van der Waals surface area contributed by atoms with E-state index >= 15 is 0 Å². The first-order valence-electron chi connectivity index (χ1n) is 5.89. The first kappa shape index (κ1) is 12.4. The quantitative estimate of drug-likeness (QED) is 0.901. The van der Waals surface area contributed by atoms with Crippen LogP contribution in [0.2, 0.25) is 5.02 Å². The summed E-state index contributed by atoms with van der Waals surface area (Å²) in [6.07, 6.45) is 2.80. The van der Waals surface area contributed by atoms with Gasteiger partial charge in [-0.25, -0.2) is 0 Å². The molecule has 0 unspecified atom stereocenters. The summed E-state index contributed by atoms with van der Waals surface area (Å²) in [5, 5.41) is 9.89. The van der Waals surface area contributed by atoms with Crippen molar-refractivity contribution in [3.63, 3.8) is 0 Å². The number of rotatable bonds is 3. The molecular weight excluding hydrogens is 238 g/mol. The zero-order chi connectivity index (χ0) is 12.3. The number of aliphatic carboxylic acids is 1. The van der Waals surface area contributed by atoms with Gasteiger partial charge < -0.3 is 5.11 Å².